The van der Waals surface area contributed by atoms with Gasteiger partial charge in [-0.3, -0.25) is 9.59 Å². The molecule has 2 aromatic rings. The second kappa shape index (κ2) is 9.46. The number of halogens is 1. The molecule has 31 heavy (non-hydrogen) atoms. The Labute approximate surface area is 196 Å². The van der Waals surface area contributed by atoms with E-state index in [9.17, 15) is 9.59 Å². The van der Waals surface area contributed by atoms with Crippen LogP contribution in [0.25, 0.3) is 0 Å². The van der Waals surface area contributed by atoms with Crippen molar-refractivity contribution in [3.05, 3.63) is 53.1 Å². The van der Waals surface area contributed by atoms with Gasteiger partial charge in [0, 0.05) is 26.1 Å². The van der Waals surface area contributed by atoms with E-state index in [0.29, 0.717) is 42.3 Å². The van der Waals surface area contributed by atoms with Gasteiger partial charge >= 0.3 is 0 Å². The normalized spacial score (nSPS) is 17.6. The molecule has 1 unspecified atom stereocenters. The summed E-state index contributed by atoms with van der Waals surface area (Å²) in [5.41, 5.74) is 3.24. The number of hydrogen-bond acceptors (Lipinski definition) is 4. The van der Waals surface area contributed by atoms with E-state index < -0.39 is 6.04 Å². The van der Waals surface area contributed by atoms with Crippen LogP contribution in [0.3, 0.4) is 0 Å². The number of unbranched alkanes of at least 4 members (excludes halogenated alkanes) is 2. The Hall–Kier alpha value is -2.29. The summed E-state index contributed by atoms with van der Waals surface area (Å²) in [5, 5.41) is 0. The van der Waals surface area contributed by atoms with Gasteiger partial charge < -0.3 is 19.3 Å². The van der Waals surface area contributed by atoms with Gasteiger partial charge in [0.25, 0.3) is 5.91 Å². The molecule has 6 nitrogen and oxygen atoms in total. The molecule has 0 aliphatic carbocycles. The van der Waals surface area contributed by atoms with Crippen LogP contribution in [0.2, 0.25) is 0 Å². The highest BCUT2D eigenvalue weighted by atomic mass is 127. The molecule has 1 atom stereocenters. The van der Waals surface area contributed by atoms with Crippen molar-refractivity contribution < 1.29 is 19.1 Å². The number of rotatable bonds is 7. The summed E-state index contributed by atoms with van der Waals surface area (Å²) in [6.45, 7) is 0.998. The maximum absolute atomic E-state index is 13.5. The molecule has 0 N–H and O–H groups in total. The molecular formula is C24H27IN2O4. The lowest BCUT2D eigenvalue weighted by molar-refractivity contribution is -0.123. The highest BCUT2D eigenvalue weighted by Gasteiger charge is 2.41. The molecule has 0 aromatic heterocycles. The van der Waals surface area contributed by atoms with E-state index in [1.54, 1.807) is 36.1 Å². The van der Waals surface area contributed by atoms with Crippen molar-refractivity contribution in [2.24, 2.45) is 0 Å². The number of amides is 2. The molecule has 2 aliphatic rings. The maximum Gasteiger partial charge on any atom is 0.257 e. The lowest BCUT2D eigenvalue weighted by Gasteiger charge is -2.35. The predicted molar refractivity (Wildman–Crippen MR) is 128 cm³/mol. The molecule has 0 saturated heterocycles. The second-order valence-electron chi connectivity index (χ2n) is 7.94. The van der Waals surface area contributed by atoms with E-state index in [-0.39, 0.29) is 11.8 Å². The van der Waals surface area contributed by atoms with Gasteiger partial charge in [-0.05, 0) is 40.9 Å². The zero-order chi connectivity index (χ0) is 22.0. The number of ether oxygens (including phenoxy) is 2. The van der Waals surface area contributed by atoms with Crippen LogP contribution in [0.4, 0.5) is 5.69 Å². The molecule has 0 bridgehead atoms. The van der Waals surface area contributed by atoms with E-state index in [4.69, 9.17) is 9.47 Å². The molecule has 0 spiro atoms. The van der Waals surface area contributed by atoms with Crippen LogP contribution in [-0.4, -0.2) is 47.9 Å². The summed E-state index contributed by atoms with van der Waals surface area (Å²) in [6.07, 6.45) is 3.74. The highest BCUT2D eigenvalue weighted by molar-refractivity contribution is 14.1. The molecule has 2 amide bonds. The van der Waals surface area contributed by atoms with E-state index >= 15 is 0 Å². The number of carbonyl (C=O) groups excluding carboxylic acids is 2. The van der Waals surface area contributed by atoms with Crippen LogP contribution in [0, 0.1) is 0 Å². The standard InChI is InChI=1S/C24H27IN2O4/c1-26-19-14-22(31-11-7-3-6-10-25)21(30-2)13-18(19)23(28)27-15-17-9-5-4-8-16(17)12-20(27)24(26)29/h4-5,8-9,13-14,20H,3,6-7,10-12,15H2,1-2H3. The molecule has 2 heterocycles. The van der Waals surface area contributed by atoms with Crippen molar-refractivity contribution in [2.75, 3.05) is 30.1 Å². The van der Waals surface area contributed by atoms with Crippen molar-refractivity contribution in [3.8, 4) is 11.5 Å². The van der Waals surface area contributed by atoms with Crippen LogP contribution in [0.15, 0.2) is 36.4 Å². The number of methoxy groups -OCH3 is 1. The Kier molecular flexibility index (Phi) is 6.69. The van der Waals surface area contributed by atoms with Crippen LogP contribution in [0.1, 0.15) is 40.7 Å². The summed E-state index contributed by atoms with van der Waals surface area (Å²) in [7, 11) is 3.30. The Morgan fingerprint density at radius 1 is 1.06 bits per heavy atom. The molecule has 2 aromatic carbocycles. The van der Waals surface area contributed by atoms with Crippen LogP contribution in [0.5, 0.6) is 11.5 Å². The maximum atomic E-state index is 13.5. The van der Waals surface area contributed by atoms with Crippen molar-refractivity contribution >= 4 is 40.1 Å². The molecule has 7 heteroatoms. The number of anilines is 1. The summed E-state index contributed by atoms with van der Waals surface area (Å²) in [5.74, 6) is 0.836. The highest BCUT2D eigenvalue weighted by Crippen LogP contribution is 2.39. The SMILES string of the molecule is COc1cc2c(cc1OCCCCCI)N(C)C(=O)C1Cc3ccccc3CN1C2=O. The zero-order valence-corrected chi connectivity index (χ0v) is 20.1. The number of benzene rings is 2. The second-order valence-corrected chi connectivity index (χ2v) is 9.02. The van der Waals surface area contributed by atoms with Gasteiger partial charge in [0.2, 0.25) is 5.91 Å². The number of likely N-dealkylation sites (N-methyl/N-ethyl adjacent to an activating group) is 1. The monoisotopic (exact) mass is 534 g/mol. The zero-order valence-electron chi connectivity index (χ0n) is 17.9. The van der Waals surface area contributed by atoms with Gasteiger partial charge in [0.05, 0.1) is 25.0 Å². The van der Waals surface area contributed by atoms with E-state index in [2.05, 4.69) is 22.6 Å². The Balaban J connectivity index is 1.67. The first-order chi connectivity index (χ1) is 15.0. The first-order valence-electron chi connectivity index (χ1n) is 10.6. The lowest BCUT2D eigenvalue weighted by Crippen LogP contribution is -2.50. The Morgan fingerprint density at radius 3 is 2.58 bits per heavy atom. The number of carbonyl (C=O) groups is 2. The third kappa shape index (κ3) is 4.24. The van der Waals surface area contributed by atoms with Gasteiger partial charge in [0.15, 0.2) is 11.5 Å². The van der Waals surface area contributed by atoms with Gasteiger partial charge in [-0.15, -0.1) is 0 Å². The Bertz CT molecular complexity index is 994. The number of hydrogen-bond donors (Lipinski definition) is 0. The first kappa shape index (κ1) is 21.9. The molecule has 0 fully saturated rings. The third-order valence-electron chi connectivity index (χ3n) is 6.03. The van der Waals surface area contributed by atoms with Crippen LogP contribution < -0.4 is 14.4 Å². The third-order valence-corrected chi connectivity index (χ3v) is 6.80. The minimum Gasteiger partial charge on any atom is -0.493 e. The van der Waals surface area contributed by atoms with Crippen molar-refractivity contribution in [1.82, 2.24) is 4.90 Å². The molecule has 0 radical (unpaired) electrons. The fourth-order valence-corrected chi connectivity index (χ4v) is 4.82. The first-order valence-corrected chi connectivity index (χ1v) is 12.1. The molecule has 0 saturated carbocycles. The van der Waals surface area contributed by atoms with Crippen LogP contribution >= 0.6 is 22.6 Å². The molecule has 164 valence electrons. The topological polar surface area (TPSA) is 59.1 Å². The van der Waals surface area contributed by atoms with Crippen molar-refractivity contribution in [3.63, 3.8) is 0 Å². The lowest BCUT2D eigenvalue weighted by atomic mass is 9.93. The number of fused-ring (bicyclic) bond motifs is 3. The summed E-state index contributed by atoms with van der Waals surface area (Å²) < 4.78 is 12.6. The number of nitrogens with zero attached hydrogens (tertiary/aromatic N) is 2. The smallest absolute Gasteiger partial charge is 0.257 e. The average Bonchev–Trinajstić information content (AvgIpc) is 2.87. The minimum atomic E-state index is -0.511. The summed E-state index contributed by atoms with van der Waals surface area (Å²) >= 11 is 2.38. The van der Waals surface area contributed by atoms with E-state index in [1.807, 2.05) is 24.3 Å². The van der Waals surface area contributed by atoms with Gasteiger partial charge in [-0.1, -0.05) is 46.9 Å². The van der Waals surface area contributed by atoms with E-state index in [0.717, 1.165) is 34.8 Å². The average molecular weight is 534 g/mol. The summed E-state index contributed by atoms with van der Waals surface area (Å²) in [4.78, 5) is 30.2. The van der Waals surface area contributed by atoms with Crippen LogP contribution in [-0.2, 0) is 17.8 Å². The minimum absolute atomic E-state index is 0.0836. The van der Waals surface area contributed by atoms with Crippen molar-refractivity contribution in [2.45, 2.75) is 38.3 Å². The van der Waals surface area contributed by atoms with Crippen molar-refractivity contribution in [1.29, 1.82) is 0 Å². The summed E-state index contributed by atoms with van der Waals surface area (Å²) in [6, 6.07) is 11.0. The Morgan fingerprint density at radius 2 is 1.84 bits per heavy atom. The molecule has 4 rings (SSSR count). The number of alkyl halides is 1. The largest absolute Gasteiger partial charge is 0.493 e. The van der Waals surface area contributed by atoms with Gasteiger partial charge in [-0.2, -0.15) is 0 Å². The molecular weight excluding hydrogens is 507 g/mol. The van der Waals surface area contributed by atoms with E-state index in [1.165, 1.54) is 0 Å². The molecule has 2 aliphatic heterocycles. The fourth-order valence-electron chi connectivity index (χ4n) is 4.28. The quantitative estimate of drug-likeness (QED) is 0.303. The van der Waals surface area contributed by atoms with Gasteiger partial charge in [0.1, 0.15) is 6.04 Å². The van der Waals surface area contributed by atoms with Gasteiger partial charge in [-0.25, -0.2) is 0 Å². The predicted octanol–water partition coefficient (Wildman–Crippen LogP) is 4.22. The fraction of sp³-hybridized carbons (Fsp3) is 0.417.